The largest absolute Gasteiger partial charge is 0.352 e. The maximum absolute atomic E-state index is 11.7. The molecule has 2 rings (SSSR count). The number of rotatable bonds is 5. The molecule has 0 saturated carbocycles. The molecule has 8 heteroatoms. The molecule has 1 aromatic heterocycles. The maximum Gasteiger partial charge on any atom is 0.239 e. The van der Waals surface area contributed by atoms with Gasteiger partial charge in [-0.1, -0.05) is 13.8 Å². The number of fused-ring (bicyclic) bond motifs is 1. The van der Waals surface area contributed by atoms with Crippen molar-refractivity contribution in [3.63, 3.8) is 0 Å². The van der Waals surface area contributed by atoms with Gasteiger partial charge in [-0.2, -0.15) is 5.10 Å². The number of aliphatic imine (C=N–C) groups is 1. The first-order valence-corrected chi connectivity index (χ1v) is 8.59. The molecule has 24 heavy (non-hydrogen) atoms. The second-order valence-corrected chi connectivity index (χ2v) is 6.75. The highest BCUT2D eigenvalue weighted by atomic mass is 16.2. The van der Waals surface area contributed by atoms with Gasteiger partial charge in [0.05, 0.1) is 13.1 Å². The fraction of sp³-hybridized carbons (Fsp3) is 0.750. The molecule has 0 bridgehead atoms. The minimum absolute atomic E-state index is 0.0447. The molecule has 0 fully saturated rings. The predicted octanol–water partition coefficient (Wildman–Crippen LogP) is 0.406. The number of carbonyl (C=O) groups excluding carboxylic acids is 1. The van der Waals surface area contributed by atoms with Gasteiger partial charge in [0, 0.05) is 31.5 Å². The van der Waals surface area contributed by atoms with E-state index in [-0.39, 0.29) is 24.5 Å². The van der Waals surface area contributed by atoms with Gasteiger partial charge in [-0.3, -0.25) is 9.79 Å². The lowest BCUT2D eigenvalue weighted by Crippen LogP contribution is -2.49. The summed E-state index contributed by atoms with van der Waals surface area (Å²) >= 11 is 0. The summed E-state index contributed by atoms with van der Waals surface area (Å²) in [6.45, 7) is 9.04. The van der Waals surface area contributed by atoms with Crippen molar-refractivity contribution in [3.05, 3.63) is 11.6 Å². The number of hydrogen-bond acceptors (Lipinski definition) is 4. The lowest BCUT2D eigenvalue weighted by atomic mass is 10.1. The van der Waals surface area contributed by atoms with E-state index in [1.807, 2.05) is 18.5 Å². The van der Waals surface area contributed by atoms with Crippen LogP contribution in [0.15, 0.2) is 4.99 Å². The molecule has 3 N–H and O–H groups in total. The van der Waals surface area contributed by atoms with Gasteiger partial charge in [-0.25, -0.2) is 9.67 Å². The summed E-state index contributed by atoms with van der Waals surface area (Å²) in [5.41, 5.74) is 0. The van der Waals surface area contributed by atoms with Crippen molar-refractivity contribution in [2.24, 2.45) is 4.99 Å². The van der Waals surface area contributed by atoms with Gasteiger partial charge in [-0.15, -0.1) is 0 Å². The third-order valence-corrected chi connectivity index (χ3v) is 3.82. The highest BCUT2D eigenvalue weighted by Gasteiger charge is 2.23. The van der Waals surface area contributed by atoms with Crippen LogP contribution >= 0.6 is 0 Å². The van der Waals surface area contributed by atoms with Crippen molar-refractivity contribution < 1.29 is 4.79 Å². The van der Waals surface area contributed by atoms with Crippen molar-refractivity contribution in [1.82, 2.24) is 30.7 Å². The number of carbonyl (C=O) groups is 1. The minimum atomic E-state index is -0.0447. The zero-order chi connectivity index (χ0) is 17.7. The molecule has 8 nitrogen and oxygen atoms in total. The number of guanidine groups is 1. The average Bonchev–Trinajstić information content (AvgIpc) is 2.94. The van der Waals surface area contributed by atoms with E-state index >= 15 is 0 Å². The van der Waals surface area contributed by atoms with Gasteiger partial charge in [0.1, 0.15) is 5.82 Å². The first-order chi connectivity index (χ1) is 11.4. The van der Waals surface area contributed by atoms with Crippen LogP contribution in [0.1, 0.15) is 51.7 Å². The summed E-state index contributed by atoms with van der Waals surface area (Å²) in [7, 11) is 1.70. The third kappa shape index (κ3) is 4.94. The number of aromatic nitrogens is 3. The Morgan fingerprint density at radius 1 is 1.38 bits per heavy atom. The highest BCUT2D eigenvalue weighted by Crippen LogP contribution is 2.16. The van der Waals surface area contributed by atoms with Crippen LogP contribution in [0.5, 0.6) is 0 Å². The summed E-state index contributed by atoms with van der Waals surface area (Å²) in [6.07, 6.45) is 1.86. The van der Waals surface area contributed by atoms with Gasteiger partial charge < -0.3 is 16.0 Å². The van der Waals surface area contributed by atoms with E-state index in [0.29, 0.717) is 11.9 Å². The van der Waals surface area contributed by atoms with E-state index in [1.165, 1.54) is 0 Å². The van der Waals surface area contributed by atoms with Gasteiger partial charge in [0.15, 0.2) is 11.8 Å². The van der Waals surface area contributed by atoms with Crippen molar-refractivity contribution >= 4 is 11.9 Å². The van der Waals surface area contributed by atoms with Crippen molar-refractivity contribution in [3.8, 4) is 0 Å². The van der Waals surface area contributed by atoms with E-state index < -0.39 is 0 Å². The zero-order valence-electron chi connectivity index (χ0n) is 15.3. The van der Waals surface area contributed by atoms with Crippen LogP contribution in [0.25, 0.3) is 0 Å². The molecular weight excluding hydrogens is 306 g/mol. The summed E-state index contributed by atoms with van der Waals surface area (Å²) in [5, 5.41) is 13.8. The second kappa shape index (κ2) is 8.12. The molecule has 2 heterocycles. The van der Waals surface area contributed by atoms with Gasteiger partial charge >= 0.3 is 0 Å². The third-order valence-electron chi connectivity index (χ3n) is 3.82. The molecule has 1 amide bonds. The van der Waals surface area contributed by atoms with Crippen molar-refractivity contribution in [1.29, 1.82) is 0 Å². The molecule has 0 radical (unpaired) electrons. The quantitative estimate of drug-likeness (QED) is 0.535. The van der Waals surface area contributed by atoms with E-state index in [9.17, 15) is 4.79 Å². The first-order valence-electron chi connectivity index (χ1n) is 8.59. The Balaban J connectivity index is 1.87. The molecule has 0 spiro atoms. The maximum atomic E-state index is 11.7. The Morgan fingerprint density at radius 3 is 2.75 bits per heavy atom. The molecular formula is C16H29N7O. The Bertz CT molecular complexity index is 591. The van der Waals surface area contributed by atoms with Crippen LogP contribution in [-0.2, 0) is 17.8 Å². The van der Waals surface area contributed by atoms with Crippen molar-refractivity contribution in [2.45, 2.75) is 65.1 Å². The molecule has 1 aliphatic rings. The zero-order valence-corrected chi connectivity index (χ0v) is 15.3. The Hall–Kier alpha value is -2.12. The minimum Gasteiger partial charge on any atom is -0.352 e. The predicted molar refractivity (Wildman–Crippen MR) is 94.0 cm³/mol. The number of aryl methyl sites for hydroxylation is 1. The Labute approximate surface area is 143 Å². The summed E-state index contributed by atoms with van der Waals surface area (Å²) in [4.78, 5) is 20.5. The first kappa shape index (κ1) is 18.2. The van der Waals surface area contributed by atoms with Crippen LogP contribution in [0.4, 0.5) is 0 Å². The summed E-state index contributed by atoms with van der Waals surface area (Å²) < 4.78 is 1.98. The van der Waals surface area contributed by atoms with E-state index in [2.05, 4.69) is 44.9 Å². The lowest BCUT2D eigenvalue weighted by molar-refractivity contribution is -0.120. The van der Waals surface area contributed by atoms with Crippen LogP contribution in [-0.4, -0.2) is 52.3 Å². The van der Waals surface area contributed by atoms with E-state index in [4.69, 9.17) is 0 Å². The number of amides is 1. The summed E-state index contributed by atoms with van der Waals surface area (Å²) in [5.74, 6) is 2.88. The second-order valence-electron chi connectivity index (χ2n) is 6.75. The SMILES string of the molecule is CN=C(NCC(=O)NC(C)C)NC1CCc2nc(C(C)C)nn2C1. The standard InChI is InChI=1S/C16H29N7O/c1-10(2)15-21-13-7-6-12(9-23(13)22-15)20-16(17-5)18-8-14(24)19-11(3)4/h10-12H,6-9H2,1-5H3,(H,19,24)(H2,17,18,20). The van der Waals surface area contributed by atoms with Crippen LogP contribution in [0.3, 0.4) is 0 Å². The lowest BCUT2D eigenvalue weighted by Gasteiger charge is -2.25. The van der Waals surface area contributed by atoms with E-state index in [0.717, 1.165) is 31.0 Å². The van der Waals surface area contributed by atoms with Crippen molar-refractivity contribution in [2.75, 3.05) is 13.6 Å². The van der Waals surface area contributed by atoms with Crippen LogP contribution in [0.2, 0.25) is 0 Å². The topological polar surface area (TPSA) is 96.2 Å². The fourth-order valence-corrected chi connectivity index (χ4v) is 2.62. The smallest absolute Gasteiger partial charge is 0.239 e. The average molecular weight is 335 g/mol. The number of nitrogens with one attached hydrogen (secondary N) is 3. The number of hydrogen-bond donors (Lipinski definition) is 3. The molecule has 1 aliphatic heterocycles. The monoisotopic (exact) mass is 335 g/mol. The highest BCUT2D eigenvalue weighted by molar-refractivity contribution is 5.86. The van der Waals surface area contributed by atoms with Crippen LogP contribution in [0, 0.1) is 0 Å². The number of nitrogens with zero attached hydrogens (tertiary/aromatic N) is 4. The van der Waals surface area contributed by atoms with Gasteiger partial charge in [0.25, 0.3) is 0 Å². The van der Waals surface area contributed by atoms with Gasteiger partial charge in [0.2, 0.25) is 5.91 Å². The molecule has 1 atom stereocenters. The summed E-state index contributed by atoms with van der Waals surface area (Å²) in [6, 6.07) is 0.354. The van der Waals surface area contributed by atoms with Crippen LogP contribution < -0.4 is 16.0 Å². The molecule has 1 aromatic rings. The molecule has 0 saturated heterocycles. The molecule has 0 aliphatic carbocycles. The Morgan fingerprint density at radius 2 is 2.12 bits per heavy atom. The molecule has 1 unspecified atom stereocenters. The van der Waals surface area contributed by atoms with Gasteiger partial charge in [-0.05, 0) is 20.3 Å². The normalized spacial score (nSPS) is 17.8. The Kier molecular flexibility index (Phi) is 6.16. The fourth-order valence-electron chi connectivity index (χ4n) is 2.62. The molecule has 0 aromatic carbocycles. The van der Waals surface area contributed by atoms with E-state index in [1.54, 1.807) is 7.05 Å². The molecule has 134 valence electrons.